The van der Waals surface area contributed by atoms with Gasteiger partial charge in [0.1, 0.15) is 6.54 Å². The van der Waals surface area contributed by atoms with E-state index in [2.05, 4.69) is 10.4 Å². The number of benzene rings is 1. The molecule has 1 aliphatic rings. The Balaban J connectivity index is 2.30. The Morgan fingerprint density at radius 3 is 3.06 bits per heavy atom. The number of nitrogens with one attached hydrogen (secondary N) is 1. The van der Waals surface area contributed by atoms with E-state index in [0.29, 0.717) is 5.02 Å². The van der Waals surface area contributed by atoms with Crippen LogP contribution < -0.4 is 5.32 Å². The van der Waals surface area contributed by atoms with Gasteiger partial charge in [0.15, 0.2) is 0 Å². The summed E-state index contributed by atoms with van der Waals surface area (Å²) in [4.78, 5) is 11.7. The highest BCUT2D eigenvalue weighted by atomic mass is 35.5. The molecule has 1 aromatic heterocycles. The fourth-order valence-electron chi connectivity index (χ4n) is 2.05. The fraction of sp³-hybridized carbons (Fsp3) is 0.167. The Hall–Kier alpha value is -1.81. The average molecular weight is 248 g/mol. The number of rotatable bonds is 0. The zero-order chi connectivity index (χ0) is 12.0. The molecular weight excluding hydrogens is 238 g/mol. The van der Waals surface area contributed by atoms with Crippen molar-refractivity contribution in [1.82, 2.24) is 9.78 Å². The number of halogens is 1. The largest absolute Gasteiger partial charge is 0.324 e. The zero-order valence-electron chi connectivity index (χ0n) is 9.20. The minimum absolute atomic E-state index is 0.0737. The zero-order valence-corrected chi connectivity index (χ0v) is 9.95. The molecule has 0 fully saturated rings. The number of amides is 1. The summed E-state index contributed by atoms with van der Waals surface area (Å²) in [7, 11) is 0. The lowest BCUT2D eigenvalue weighted by Crippen LogP contribution is -2.17. The van der Waals surface area contributed by atoms with Crippen molar-refractivity contribution in [3.8, 4) is 11.3 Å². The maximum Gasteiger partial charge on any atom is 0.246 e. The van der Waals surface area contributed by atoms with Crippen LogP contribution in [0.25, 0.3) is 11.3 Å². The monoisotopic (exact) mass is 247 g/mol. The third-order valence-corrected chi connectivity index (χ3v) is 2.96. The summed E-state index contributed by atoms with van der Waals surface area (Å²) in [6.07, 6.45) is 0. The lowest BCUT2D eigenvalue weighted by Gasteiger charge is -2.06. The number of carbonyl (C=O) groups is 1. The number of carbonyl (C=O) groups excluding carboxylic acids is 1. The van der Waals surface area contributed by atoms with E-state index in [9.17, 15) is 4.79 Å². The highest BCUT2D eigenvalue weighted by molar-refractivity contribution is 6.31. The van der Waals surface area contributed by atoms with Crippen LogP contribution in [0.4, 0.5) is 5.69 Å². The van der Waals surface area contributed by atoms with Gasteiger partial charge in [0.25, 0.3) is 0 Å². The van der Waals surface area contributed by atoms with Gasteiger partial charge in [-0.05, 0) is 31.2 Å². The molecule has 0 saturated heterocycles. The molecule has 4 nitrogen and oxygen atoms in total. The Labute approximate surface area is 103 Å². The Morgan fingerprint density at radius 1 is 1.41 bits per heavy atom. The molecule has 1 aromatic carbocycles. The van der Waals surface area contributed by atoms with E-state index in [1.807, 2.05) is 25.1 Å². The molecule has 0 radical (unpaired) electrons. The lowest BCUT2D eigenvalue weighted by atomic mass is 10.1. The van der Waals surface area contributed by atoms with Crippen LogP contribution in [0.1, 0.15) is 5.69 Å². The molecule has 1 amide bonds. The molecule has 0 bridgehead atoms. The van der Waals surface area contributed by atoms with Gasteiger partial charge in [0.05, 0.1) is 17.1 Å². The second kappa shape index (κ2) is 3.60. The summed E-state index contributed by atoms with van der Waals surface area (Å²) < 4.78 is 1.70. The SMILES string of the molecule is Cc1cc2n(n1)CC(=O)Nc1ccc(Cl)cc1-2. The molecular formula is C12H10ClN3O. The Kier molecular flexibility index (Phi) is 2.19. The van der Waals surface area contributed by atoms with Crippen LogP contribution in [-0.2, 0) is 11.3 Å². The number of hydrogen-bond donors (Lipinski definition) is 1. The van der Waals surface area contributed by atoms with Crippen molar-refractivity contribution in [2.75, 3.05) is 5.32 Å². The van der Waals surface area contributed by atoms with Gasteiger partial charge < -0.3 is 5.32 Å². The molecule has 0 spiro atoms. The summed E-state index contributed by atoms with van der Waals surface area (Å²) in [6.45, 7) is 2.14. The molecule has 86 valence electrons. The van der Waals surface area contributed by atoms with E-state index in [-0.39, 0.29) is 12.5 Å². The summed E-state index contributed by atoms with van der Waals surface area (Å²) in [6, 6.07) is 7.37. The van der Waals surface area contributed by atoms with E-state index in [4.69, 9.17) is 11.6 Å². The minimum atomic E-state index is -0.0737. The maximum absolute atomic E-state index is 11.7. The second-order valence-corrected chi connectivity index (χ2v) is 4.50. The normalized spacial score (nSPS) is 13.6. The van der Waals surface area contributed by atoms with Crippen LogP contribution in [0.15, 0.2) is 24.3 Å². The van der Waals surface area contributed by atoms with Crippen LogP contribution >= 0.6 is 11.6 Å². The molecule has 1 aliphatic heterocycles. The first kappa shape index (κ1) is 10.4. The van der Waals surface area contributed by atoms with E-state index >= 15 is 0 Å². The van der Waals surface area contributed by atoms with Crippen molar-refractivity contribution in [2.45, 2.75) is 13.5 Å². The van der Waals surface area contributed by atoms with E-state index < -0.39 is 0 Å². The van der Waals surface area contributed by atoms with E-state index in [1.54, 1.807) is 10.7 Å². The molecule has 5 heteroatoms. The van der Waals surface area contributed by atoms with Crippen LogP contribution in [0.3, 0.4) is 0 Å². The van der Waals surface area contributed by atoms with Gasteiger partial charge in [-0.2, -0.15) is 5.10 Å². The highest BCUT2D eigenvalue weighted by Crippen LogP contribution is 2.33. The predicted octanol–water partition coefficient (Wildman–Crippen LogP) is 2.46. The van der Waals surface area contributed by atoms with Crippen LogP contribution in [0, 0.1) is 6.92 Å². The topological polar surface area (TPSA) is 46.9 Å². The standard InChI is InChI=1S/C12H10ClN3O/c1-7-4-11-9-5-8(13)2-3-10(9)14-12(17)6-16(11)15-7/h2-5H,6H2,1H3,(H,14,17). The van der Waals surface area contributed by atoms with Gasteiger partial charge in [-0.15, -0.1) is 0 Å². The van der Waals surface area contributed by atoms with Gasteiger partial charge in [-0.3, -0.25) is 9.48 Å². The van der Waals surface area contributed by atoms with Crippen LogP contribution in [0.5, 0.6) is 0 Å². The molecule has 3 rings (SSSR count). The molecule has 2 heterocycles. The molecule has 0 aliphatic carbocycles. The highest BCUT2D eigenvalue weighted by Gasteiger charge is 2.19. The molecule has 0 atom stereocenters. The van der Waals surface area contributed by atoms with Crippen molar-refractivity contribution in [3.05, 3.63) is 35.0 Å². The quantitative estimate of drug-likeness (QED) is 0.777. The van der Waals surface area contributed by atoms with Crippen LogP contribution in [0.2, 0.25) is 5.02 Å². The average Bonchev–Trinajstić information content (AvgIpc) is 2.56. The molecule has 2 aromatic rings. The van der Waals surface area contributed by atoms with Gasteiger partial charge in [0, 0.05) is 10.6 Å². The van der Waals surface area contributed by atoms with Crippen molar-refractivity contribution >= 4 is 23.2 Å². The minimum Gasteiger partial charge on any atom is -0.324 e. The lowest BCUT2D eigenvalue weighted by molar-refractivity contribution is -0.116. The van der Waals surface area contributed by atoms with Crippen molar-refractivity contribution in [2.24, 2.45) is 0 Å². The Bertz CT molecular complexity index is 618. The van der Waals surface area contributed by atoms with Crippen molar-refractivity contribution in [3.63, 3.8) is 0 Å². The van der Waals surface area contributed by atoms with E-state index in [0.717, 1.165) is 22.6 Å². The van der Waals surface area contributed by atoms with Gasteiger partial charge in [0.2, 0.25) is 5.91 Å². The number of aryl methyl sites for hydroxylation is 1. The third-order valence-electron chi connectivity index (χ3n) is 2.73. The summed E-state index contributed by atoms with van der Waals surface area (Å²) in [5.41, 5.74) is 3.49. The predicted molar refractivity (Wildman–Crippen MR) is 66.0 cm³/mol. The maximum atomic E-state index is 11.7. The number of hydrogen-bond acceptors (Lipinski definition) is 2. The fourth-order valence-corrected chi connectivity index (χ4v) is 2.22. The van der Waals surface area contributed by atoms with Crippen LogP contribution in [-0.4, -0.2) is 15.7 Å². The first-order valence-electron chi connectivity index (χ1n) is 5.28. The first-order chi connectivity index (χ1) is 8.13. The molecule has 1 N–H and O–H groups in total. The smallest absolute Gasteiger partial charge is 0.246 e. The first-order valence-corrected chi connectivity index (χ1v) is 5.65. The molecule has 17 heavy (non-hydrogen) atoms. The third kappa shape index (κ3) is 1.70. The Morgan fingerprint density at radius 2 is 2.24 bits per heavy atom. The summed E-state index contributed by atoms with van der Waals surface area (Å²) in [5, 5.41) is 7.79. The van der Waals surface area contributed by atoms with Gasteiger partial charge in [-0.1, -0.05) is 11.6 Å². The van der Waals surface area contributed by atoms with E-state index in [1.165, 1.54) is 0 Å². The second-order valence-electron chi connectivity index (χ2n) is 4.07. The van der Waals surface area contributed by atoms with Gasteiger partial charge in [-0.25, -0.2) is 0 Å². The summed E-state index contributed by atoms with van der Waals surface area (Å²) in [5.74, 6) is -0.0737. The number of nitrogens with zero attached hydrogens (tertiary/aromatic N) is 2. The van der Waals surface area contributed by atoms with Crippen molar-refractivity contribution < 1.29 is 4.79 Å². The van der Waals surface area contributed by atoms with Crippen molar-refractivity contribution in [1.29, 1.82) is 0 Å². The number of aromatic nitrogens is 2. The number of fused-ring (bicyclic) bond motifs is 3. The summed E-state index contributed by atoms with van der Waals surface area (Å²) >= 11 is 6.00. The molecule has 0 saturated carbocycles. The molecule has 0 unspecified atom stereocenters. The number of anilines is 1. The van der Waals surface area contributed by atoms with Gasteiger partial charge >= 0.3 is 0 Å².